The summed E-state index contributed by atoms with van der Waals surface area (Å²) in [5.74, 6) is 0.732. The van der Waals surface area contributed by atoms with E-state index in [9.17, 15) is 0 Å². The van der Waals surface area contributed by atoms with Crippen LogP contribution in [-0.2, 0) is 0 Å². The lowest BCUT2D eigenvalue weighted by Gasteiger charge is -2.06. The molecule has 0 aliphatic carbocycles. The quantitative estimate of drug-likeness (QED) is 0.506. The lowest BCUT2D eigenvalue weighted by Crippen LogP contribution is -1.94. The van der Waals surface area contributed by atoms with E-state index in [4.69, 9.17) is 11.6 Å². The van der Waals surface area contributed by atoms with Gasteiger partial charge in [-0.15, -0.1) is 10.2 Å². The Labute approximate surface area is 125 Å². The summed E-state index contributed by atoms with van der Waals surface area (Å²) in [5, 5.41) is 9.88. The number of aromatic nitrogens is 5. The Morgan fingerprint density at radius 1 is 1.10 bits per heavy atom. The molecule has 3 aromatic heterocycles. The minimum absolute atomic E-state index is 0.400. The topological polar surface area (TPSA) is 56.0 Å². The van der Waals surface area contributed by atoms with Gasteiger partial charge >= 0.3 is 0 Å². The molecule has 0 amide bonds. The first-order chi connectivity index (χ1) is 10.2. The summed E-state index contributed by atoms with van der Waals surface area (Å²) in [6.45, 7) is 1.97. The highest BCUT2D eigenvalue weighted by atomic mass is 35.5. The van der Waals surface area contributed by atoms with Crippen molar-refractivity contribution in [1.82, 2.24) is 24.6 Å². The van der Waals surface area contributed by atoms with Crippen LogP contribution in [0.3, 0.4) is 0 Å². The standard InChI is InChI=1S/C15H10ClN5/c1-9-6-11(10-4-2-3-5-12(10)18-9)15-20-19-14-7-13(16)17-8-21(14)15/h2-8H,1H3. The molecule has 0 spiro atoms. The predicted octanol–water partition coefficient (Wildman–Crippen LogP) is 3.30. The van der Waals surface area contributed by atoms with E-state index < -0.39 is 0 Å². The van der Waals surface area contributed by atoms with Crippen LogP contribution in [0.1, 0.15) is 5.69 Å². The predicted molar refractivity (Wildman–Crippen MR) is 81.3 cm³/mol. The summed E-state index contributed by atoms with van der Waals surface area (Å²) in [4.78, 5) is 8.65. The van der Waals surface area contributed by atoms with Gasteiger partial charge in [0.15, 0.2) is 11.5 Å². The minimum atomic E-state index is 0.400. The third-order valence-electron chi connectivity index (χ3n) is 3.35. The molecule has 6 heteroatoms. The summed E-state index contributed by atoms with van der Waals surface area (Å²) < 4.78 is 1.83. The highest BCUT2D eigenvalue weighted by Gasteiger charge is 2.13. The van der Waals surface area contributed by atoms with Crippen molar-refractivity contribution in [1.29, 1.82) is 0 Å². The highest BCUT2D eigenvalue weighted by Crippen LogP contribution is 2.27. The average molecular weight is 296 g/mol. The monoisotopic (exact) mass is 295 g/mol. The molecule has 4 aromatic rings. The number of nitrogens with zero attached hydrogens (tertiary/aromatic N) is 5. The van der Waals surface area contributed by atoms with Crippen molar-refractivity contribution in [3.63, 3.8) is 0 Å². The van der Waals surface area contributed by atoms with Crippen molar-refractivity contribution < 1.29 is 0 Å². The van der Waals surface area contributed by atoms with Gasteiger partial charge < -0.3 is 0 Å². The van der Waals surface area contributed by atoms with Gasteiger partial charge in [-0.3, -0.25) is 9.38 Å². The molecular weight excluding hydrogens is 286 g/mol. The van der Waals surface area contributed by atoms with Crippen molar-refractivity contribution in [3.05, 3.63) is 53.6 Å². The summed E-state index contributed by atoms with van der Waals surface area (Å²) in [6.07, 6.45) is 1.64. The molecule has 0 aliphatic heterocycles. The Balaban J connectivity index is 2.09. The number of para-hydroxylation sites is 1. The first kappa shape index (κ1) is 12.2. The molecule has 0 N–H and O–H groups in total. The number of fused-ring (bicyclic) bond motifs is 2. The molecule has 0 bridgehead atoms. The largest absolute Gasteiger partial charge is 0.265 e. The Kier molecular flexibility index (Phi) is 2.62. The van der Waals surface area contributed by atoms with Gasteiger partial charge in [0, 0.05) is 22.7 Å². The number of rotatable bonds is 1. The second kappa shape index (κ2) is 4.49. The molecular formula is C15H10ClN5. The van der Waals surface area contributed by atoms with E-state index in [1.54, 1.807) is 12.4 Å². The van der Waals surface area contributed by atoms with Crippen LogP contribution in [0.25, 0.3) is 27.9 Å². The molecule has 0 atom stereocenters. The summed E-state index contributed by atoms with van der Waals surface area (Å²) >= 11 is 5.89. The third-order valence-corrected chi connectivity index (χ3v) is 3.56. The second-order valence-electron chi connectivity index (χ2n) is 4.79. The van der Waals surface area contributed by atoms with Crippen LogP contribution in [0.15, 0.2) is 42.7 Å². The Morgan fingerprint density at radius 3 is 2.86 bits per heavy atom. The normalized spacial score (nSPS) is 11.3. The van der Waals surface area contributed by atoms with Crippen molar-refractivity contribution in [2.45, 2.75) is 6.92 Å². The zero-order chi connectivity index (χ0) is 14.4. The van der Waals surface area contributed by atoms with E-state index in [0.29, 0.717) is 10.8 Å². The van der Waals surface area contributed by atoms with E-state index >= 15 is 0 Å². The second-order valence-corrected chi connectivity index (χ2v) is 5.18. The van der Waals surface area contributed by atoms with Crippen LogP contribution in [-0.4, -0.2) is 24.6 Å². The molecule has 21 heavy (non-hydrogen) atoms. The maximum atomic E-state index is 5.89. The number of halogens is 1. The van der Waals surface area contributed by atoms with Gasteiger partial charge in [0.2, 0.25) is 0 Å². The van der Waals surface area contributed by atoms with Gasteiger partial charge in [-0.25, -0.2) is 4.98 Å². The maximum absolute atomic E-state index is 5.89. The third kappa shape index (κ3) is 1.94. The molecule has 0 fully saturated rings. The van der Waals surface area contributed by atoms with Crippen LogP contribution in [0.2, 0.25) is 5.15 Å². The van der Waals surface area contributed by atoms with Crippen LogP contribution in [0.4, 0.5) is 0 Å². The van der Waals surface area contributed by atoms with Crippen molar-refractivity contribution in [2.24, 2.45) is 0 Å². The van der Waals surface area contributed by atoms with Crippen molar-refractivity contribution in [2.75, 3.05) is 0 Å². The molecule has 3 heterocycles. The summed E-state index contributed by atoms with van der Waals surface area (Å²) in [5.41, 5.74) is 3.52. The van der Waals surface area contributed by atoms with Crippen molar-refractivity contribution in [3.8, 4) is 11.4 Å². The fourth-order valence-corrected chi connectivity index (χ4v) is 2.59. The van der Waals surface area contributed by atoms with E-state index in [1.807, 2.05) is 41.7 Å². The van der Waals surface area contributed by atoms with Gasteiger partial charge in [-0.05, 0) is 19.1 Å². The fourth-order valence-electron chi connectivity index (χ4n) is 2.45. The number of hydrogen-bond acceptors (Lipinski definition) is 4. The van der Waals surface area contributed by atoms with Gasteiger partial charge in [-0.1, -0.05) is 29.8 Å². The van der Waals surface area contributed by atoms with Crippen LogP contribution < -0.4 is 0 Å². The Morgan fingerprint density at radius 2 is 1.95 bits per heavy atom. The van der Waals surface area contributed by atoms with Gasteiger partial charge in [0.05, 0.1) is 5.52 Å². The first-order valence-corrected chi connectivity index (χ1v) is 6.83. The van der Waals surface area contributed by atoms with Gasteiger partial charge in [0.25, 0.3) is 0 Å². The van der Waals surface area contributed by atoms with E-state index in [0.717, 1.165) is 28.0 Å². The molecule has 1 aromatic carbocycles. The minimum Gasteiger partial charge on any atom is -0.265 e. The van der Waals surface area contributed by atoms with Crippen LogP contribution >= 0.6 is 11.6 Å². The van der Waals surface area contributed by atoms with Crippen LogP contribution in [0, 0.1) is 6.92 Å². The molecule has 0 radical (unpaired) electrons. The van der Waals surface area contributed by atoms with E-state index in [-0.39, 0.29) is 0 Å². The Bertz CT molecular complexity index is 976. The number of aryl methyl sites for hydroxylation is 1. The Hall–Kier alpha value is -2.53. The molecule has 0 saturated heterocycles. The zero-order valence-corrected chi connectivity index (χ0v) is 11.9. The molecule has 0 aliphatic rings. The molecule has 102 valence electrons. The number of pyridine rings is 1. The number of benzene rings is 1. The highest BCUT2D eigenvalue weighted by molar-refractivity contribution is 6.29. The fraction of sp³-hybridized carbons (Fsp3) is 0.0667. The van der Waals surface area contributed by atoms with E-state index in [2.05, 4.69) is 20.2 Å². The molecule has 4 rings (SSSR count). The zero-order valence-electron chi connectivity index (χ0n) is 11.2. The van der Waals surface area contributed by atoms with E-state index in [1.165, 1.54) is 0 Å². The summed E-state index contributed by atoms with van der Waals surface area (Å²) in [6, 6.07) is 11.7. The number of hydrogen-bond donors (Lipinski definition) is 0. The molecule has 0 saturated carbocycles. The lowest BCUT2D eigenvalue weighted by molar-refractivity contribution is 1.08. The summed E-state index contributed by atoms with van der Waals surface area (Å²) in [7, 11) is 0. The average Bonchev–Trinajstić information content (AvgIpc) is 2.89. The SMILES string of the molecule is Cc1cc(-c2nnc3cc(Cl)ncn23)c2ccccc2n1. The molecule has 5 nitrogen and oxygen atoms in total. The van der Waals surface area contributed by atoms with Crippen molar-refractivity contribution >= 4 is 28.2 Å². The first-order valence-electron chi connectivity index (χ1n) is 6.45. The van der Waals surface area contributed by atoms with Gasteiger partial charge in [0.1, 0.15) is 11.5 Å². The lowest BCUT2D eigenvalue weighted by atomic mass is 10.1. The smallest absolute Gasteiger partial charge is 0.170 e. The molecule has 0 unspecified atom stereocenters. The van der Waals surface area contributed by atoms with Crippen LogP contribution in [0.5, 0.6) is 0 Å². The maximum Gasteiger partial charge on any atom is 0.170 e. The van der Waals surface area contributed by atoms with Gasteiger partial charge in [-0.2, -0.15) is 0 Å².